The number of carbonyl (C=O) groups excluding carboxylic acids is 1. The van der Waals surface area contributed by atoms with Crippen LogP contribution in [0, 0.1) is 17.2 Å². The fourth-order valence-corrected chi connectivity index (χ4v) is 4.54. The molecule has 1 amide bonds. The van der Waals surface area contributed by atoms with Crippen LogP contribution in [0.15, 0.2) is 24.3 Å². The van der Waals surface area contributed by atoms with Crippen LogP contribution in [0.4, 0.5) is 0 Å². The van der Waals surface area contributed by atoms with Crippen molar-refractivity contribution in [3.8, 4) is 6.07 Å². The van der Waals surface area contributed by atoms with Crippen LogP contribution in [0.3, 0.4) is 0 Å². The summed E-state index contributed by atoms with van der Waals surface area (Å²) in [5, 5.41) is 12.3. The van der Waals surface area contributed by atoms with Crippen molar-refractivity contribution in [3.05, 3.63) is 35.4 Å². The van der Waals surface area contributed by atoms with E-state index >= 15 is 0 Å². The van der Waals surface area contributed by atoms with E-state index < -0.39 is 0 Å². The number of likely N-dealkylation sites (tertiary alicyclic amines) is 2. The average molecular weight is 367 g/mol. The zero-order valence-electron chi connectivity index (χ0n) is 16.1. The van der Waals surface area contributed by atoms with E-state index in [0.29, 0.717) is 12.1 Å². The molecule has 2 aliphatic heterocycles. The lowest BCUT2D eigenvalue weighted by molar-refractivity contribution is -0.127. The standard InChI is InChI=1S/C22H30N4O/c23-14-17-3-1-4-18(13-17)15-25-11-8-21(9-12-25)26-10-2-5-19(16-26)22(27)24-20-6-7-20/h1,3-4,13,19-21H,2,5-12,15-16H2,(H,24,27)/t19-/m1/s1. The molecule has 0 aromatic heterocycles. The minimum Gasteiger partial charge on any atom is -0.353 e. The first-order valence-corrected chi connectivity index (χ1v) is 10.5. The van der Waals surface area contributed by atoms with Gasteiger partial charge in [-0.1, -0.05) is 12.1 Å². The minimum atomic E-state index is 0.186. The van der Waals surface area contributed by atoms with Crippen molar-refractivity contribution in [2.75, 3.05) is 26.2 Å². The third-order valence-electron chi connectivity index (χ3n) is 6.28. The van der Waals surface area contributed by atoms with Crippen LogP contribution < -0.4 is 5.32 Å². The first-order chi connectivity index (χ1) is 13.2. The maximum Gasteiger partial charge on any atom is 0.224 e. The lowest BCUT2D eigenvalue weighted by Crippen LogP contribution is -2.50. The van der Waals surface area contributed by atoms with Gasteiger partial charge < -0.3 is 5.32 Å². The number of piperidine rings is 2. The normalized spacial score (nSPS) is 25.1. The third-order valence-corrected chi connectivity index (χ3v) is 6.28. The van der Waals surface area contributed by atoms with Gasteiger partial charge in [-0.05, 0) is 75.9 Å². The Hall–Kier alpha value is -1.90. The summed E-state index contributed by atoms with van der Waals surface area (Å²) in [6, 6.07) is 11.3. The lowest BCUT2D eigenvalue weighted by atomic mass is 9.93. The van der Waals surface area contributed by atoms with Gasteiger partial charge in [0.05, 0.1) is 17.6 Å². The zero-order chi connectivity index (χ0) is 18.6. The molecule has 27 heavy (non-hydrogen) atoms. The topological polar surface area (TPSA) is 59.4 Å². The van der Waals surface area contributed by atoms with Crippen LogP contribution in [0.25, 0.3) is 0 Å². The third kappa shape index (κ3) is 4.88. The van der Waals surface area contributed by atoms with Gasteiger partial charge in [0.15, 0.2) is 0 Å². The molecule has 0 unspecified atom stereocenters. The van der Waals surface area contributed by atoms with Crippen molar-refractivity contribution in [1.82, 2.24) is 15.1 Å². The Bertz CT molecular complexity index is 701. The van der Waals surface area contributed by atoms with E-state index in [1.165, 1.54) is 18.4 Å². The molecule has 1 atom stereocenters. The second kappa shape index (κ2) is 8.41. The molecule has 0 bridgehead atoms. The van der Waals surface area contributed by atoms with Crippen LogP contribution in [-0.4, -0.2) is 54.0 Å². The van der Waals surface area contributed by atoms with Crippen LogP contribution in [0.1, 0.15) is 49.7 Å². The Labute approximate surface area is 162 Å². The van der Waals surface area contributed by atoms with Crippen molar-refractivity contribution in [3.63, 3.8) is 0 Å². The van der Waals surface area contributed by atoms with Gasteiger partial charge in [-0.2, -0.15) is 5.26 Å². The predicted molar refractivity (Wildman–Crippen MR) is 105 cm³/mol. The molecule has 0 radical (unpaired) electrons. The number of hydrogen-bond acceptors (Lipinski definition) is 4. The fourth-order valence-electron chi connectivity index (χ4n) is 4.54. The highest BCUT2D eigenvalue weighted by Gasteiger charge is 2.33. The number of amides is 1. The molecule has 3 aliphatic rings. The van der Waals surface area contributed by atoms with Gasteiger partial charge in [0.2, 0.25) is 5.91 Å². The first-order valence-electron chi connectivity index (χ1n) is 10.5. The van der Waals surface area contributed by atoms with Gasteiger partial charge in [0, 0.05) is 25.2 Å². The van der Waals surface area contributed by atoms with E-state index in [4.69, 9.17) is 5.26 Å². The van der Waals surface area contributed by atoms with E-state index in [-0.39, 0.29) is 11.8 Å². The summed E-state index contributed by atoms with van der Waals surface area (Å²) in [6.07, 6.45) is 6.87. The monoisotopic (exact) mass is 366 g/mol. The first kappa shape index (κ1) is 18.5. The molecule has 1 N–H and O–H groups in total. The number of nitrogens with one attached hydrogen (secondary N) is 1. The molecule has 1 aliphatic carbocycles. The Morgan fingerprint density at radius 2 is 1.96 bits per heavy atom. The maximum absolute atomic E-state index is 12.4. The Balaban J connectivity index is 1.25. The van der Waals surface area contributed by atoms with Crippen LogP contribution in [-0.2, 0) is 11.3 Å². The van der Waals surface area contributed by atoms with Gasteiger partial charge in [-0.25, -0.2) is 0 Å². The van der Waals surface area contributed by atoms with Crippen molar-refractivity contribution < 1.29 is 4.79 Å². The number of nitrogens with zero attached hydrogens (tertiary/aromatic N) is 3. The van der Waals surface area contributed by atoms with Gasteiger partial charge in [0.25, 0.3) is 0 Å². The zero-order valence-corrected chi connectivity index (χ0v) is 16.1. The van der Waals surface area contributed by atoms with E-state index in [9.17, 15) is 4.79 Å². The molecule has 2 saturated heterocycles. The van der Waals surface area contributed by atoms with Gasteiger partial charge in [-0.15, -0.1) is 0 Å². The van der Waals surface area contributed by atoms with Gasteiger partial charge >= 0.3 is 0 Å². The van der Waals surface area contributed by atoms with Gasteiger partial charge in [0.1, 0.15) is 0 Å². The van der Waals surface area contributed by atoms with Gasteiger partial charge in [-0.3, -0.25) is 14.6 Å². The number of benzene rings is 1. The Morgan fingerprint density at radius 3 is 2.70 bits per heavy atom. The highest BCUT2D eigenvalue weighted by atomic mass is 16.2. The quantitative estimate of drug-likeness (QED) is 0.870. The second-order valence-electron chi connectivity index (χ2n) is 8.44. The molecule has 1 aromatic carbocycles. The summed E-state index contributed by atoms with van der Waals surface area (Å²) < 4.78 is 0. The summed E-state index contributed by atoms with van der Waals surface area (Å²) >= 11 is 0. The lowest BCUT2D eigenvalue weighted by Gasteiger charge is -2.42. The predicted octanol–water partition coefficient (Wildman–Crippen LogP) is 2.51. The SMILES string of the molecule is N#Cc1cccc(CN2CCC(N3CCC[C@@H](C(=O)NC4CC4)C3)CC2)c1. The van der Waals surface area contributed by atoms with E-state index in [1.54, 1.807) is 0 Å². The van der Waals surface area contributed by atoms with Crippen LogP contribution in [0.5, 0.6) is 0 Å². The molecule has 1 saturated carbocycles. The Morgan fingerprint density at radius 1 is 1.15 bits per heavy atom. The molecule has 5 heteroatoms. The number of hydrogen-bond donors (Lipinski definition) is 1. The van der Waals surface area contributed by atoms with Crippen LogP contribution in [0.2, 0.25) is 0 Å². The average Bonchev–Trinajstić information content (AvgIpc) is 3.53. The number of rotatable bonds is 5. The highest BCUT2D eigenvalue weighted by Crippen LogP contribution is 2.26. The highest BCUT2D eigenvalue weighted by molar-refractivity contribution is 5.79. The molecular formula is C22H30N4O. The van der Waals surface area contributed by atoms with Crippen molar-refractivity contribution >= 4 is 5.91 Å². The summed E-state index contributed by atoms with van der Waals surface area (Å²) in [5.41, 5.74) is 1.97. The molecule has 0 spiro atoms. The minimum absolute atomic E-state index is 0.186. The van der Waals surface area contributed by atoms with E-state index in [1.807, 2.05) is 18.2 Å². The smallest absolute Gasteiger partial charge is 0.224 e. The molecule has 4 rings (SSSR count). The molecule has 144 valence electrons. The molecule has 5 nitrogen and oxygen atoms in total. The number of nitriles is 1. The summed E-state index contributed by atoms with van der Waals surface area (Å²) in [4.78, 5) is 17.5. The van der Waals surface area contributed by atoms with E-state index in [2.05, 4.69) is 27.3 Å². The molecular weight excluding hydrogens is 336 g/mol. The number of carbonyl (C=O) groups is 1. The molecule has 1 aromatic rings. The Kier molecular flexibility index (Phi) is 5.75. The fraction of sp³-hybridized carbons (Fsp3) is 0.636. The van der Waals surface area contributed by atoms with Crippen molar-refractivity contribution in [2.45, 2.75) is 57.2 Å². The second-order valence-corrected chi connectivity index (χ2v) is 8.44. The summed E-state index contributed by atoms with van der Waals surface area (Å²) in [6.45, 7) is 5.19. The van der Waals surface area contributed by atoms with Crippen LogP contribution >= 0.6 is 0 Å². The molecule has 3 fully saturated rings. The largest absolute Gasteiger partial charge is 0.353 e. The van der Waals surface area contributed by atoms with E-state index in [0.717, 1.165) is 64.0 Å². The molecule has 2 heterocycles. The summed E-state index contributed by atoms with van der Waals surface area (Å²) in [5.74, 6) is 0.475. The summed E-state index contributed by atoms with van der Waals surface area (Å²) in [7, 11) is 0. The maximum atomic E-state index is 12.4. The van der Waals surface area contributed by atoms with Crippen molar-refractivity contribution in [2.24, 2.45) is 5.92 Å². The van der Waals surface area contributed by atoms with Crippen molar-refractivity contribution in [1.29, 1.82) is 5.26 Å².